The highest BCUT2D eigenvalue weighted by atomic mass is 14.1. The summed E-state index contributed by atoms with van der Waals surface area (Å²) in [5, 5.41) is 0. The minimum absolute atomic E-state index is 0.785. The summed E-state index contributed by atoms with van der Waals surface area (Å²) in [6, 6.07) is 0. The molecule has 1 atom stereocenters. The van der Waals surface area contributed by atoms with Gasteiger partial charge in [0.15, 0.2) is 0 Å². The molecule has 0 spiro atoms. The van der Waals surface area contributed by atoms with Crippen LogP contribution in [0.15, 0.2) is 47.1 Å². The van der Waals surface area contributed by atoms with E-state index in [0.29, 0.717) is 0 Å². The predicted molar refractivity (Wildman–Crippen MR) is 98.6 cm³/mol. The van der Waals surface area contributed by atoms with E-state index in [1.54, 1.807) is 0 Å². The lowest BCUT2D eigenvalue weighted by Crippen LogP contribution is -1.96. The Morgan fingerprint density at radius 3 is 2.29 bits per heavy atom. The molecule has 0 N–H and O–H groups in total. The lowest BCUT2D eigenvalue weighted by atomic mass is 9.94. The van der Waals surface area contributed by atoms with E-state index < -0.39 is 0 Å². The van der Waals surface area contributed by atoms with Crippen molar-refractivity contribution in [3.8, 4) is 0 Å². The highest BCUT2D eigenvalue weighted by molar-refractivity contribution is 5.41. The summed E-state index contributed by atoms with van der Waals surface area (Å²) in [7, 11) is 0. The molecule has 0 saturated carbocycles. The van der Waals surface area contributed by atoms with Gasteiger partial charge in [0.1, 0.15) is 0 Å². The van der Waals surface area contributed by atoms with Crippen LogP contribution in [-0.4, -0.2) is 0 Å². The molecule has 0 aliphatic rings. The summed E-state index contributed by atoms with van der Waals surface area (Å²) in [4.78, 5) is 0. The van der Waals surface area contributed by atoms with E-state index in [4.69, 9.17) is 0 Å². The van der Waals surface area contributed by atoms with Crippen LogP contribution in [0.4, 0.5) is 0 Å². The van der Waals surface area contributed by atoms with E-state index in [9.17, 15) is 0 Å². The average molecular weight is 289 g/mol. The van der Waals surface area contributed by atoms with Crippen LogP contribution in [0.2, 0.25) is 0 Å². The highest BCUT2D eigenvalue weighted by Crippen LogP contribution is 2.21. The maximum Gasteiger partial charge on any atom is -0.0294 e. The fourth-order valence-electron chi connectivity index (χ4n) is 2.56. The molecule has 0 aliphatic heterocycles. The van der Waals surface area contributed by atoms with E-state index in [1.165, 1.54) is 55.2 Å². The molecule has 0 heteroatoms. The van der Waals surface area contributed by atoms with Crippen LogP contribution in [0.1, 0.15) is 80.1 Å². The molecule has 120 valence electrons. The van der Waals surface area contributed by atoms with E-state index in [-0.39, 0.29) is 0 Å². The molecule has 0 amide bonds. The monoisotopic (exact) mass is 288 g/mol. The maximum absolute atomic E-state index is 4.20. The van der Waals surface area contributed by atoms with Gasteiger partial charge < -0.3 is 0 Å². The Bertz CT molecular complexity index is 390. The van der Waals surface area contributed by atoms with Crippen LogP contribution in [0.3, 0.4) is 0 Å². The Morgan fingerprint density at radius 2 is 1.71 bits per heavy atom. The molecule has 0 aromatic carbocycles. The molecule has 21 heavy (non-hydrogen) atoms. The first-order chi connectivity index (χ1) is 9.90. The second kappa shape index (κ2) is 11.6. The van der Waals surface area contributed by atoms with Crippen molar-refractivity contribution >= 4 is 0 Å². The average Bonchev–Trinajstić information content (AvgIpc) is 2.43. The van der Waals surface area contributed by atoms with Gasteiger partial charge in [-0.05, 0) is 51.2 Å². The van der Waals surface area contributed by atoms with Gasteiger partial charge >= 0.3 is 0 Å². The minimum atomic E-state index is 0.785. The summed E-state index contributed by atoms with van der Waals surface area (Å²) in [6.45, 7) is 17.4. The standard InChI is InChI=1S/C21H36/c1-8-10-11-12-13-18(4)14-19(5)16-21(7)20(6)15-17(3)9-2/h9,15-16,18H,7-8,10-14H2,1-6H3/b17-9-,19-16-,20-15-. The normalized spacial score (nSPS) is 15.2. The van der Waals surface area contributed by atoms with Gasteiger partial charge in [-0.1, -0.05) is 81.9 Å². The molecule has 0 fully saturated rings. The Labute approximate surface area is 133 Å². The van der Waals surface area contributed by atoms with Crippen molar-refractivity contribution in [3.63, 3.8) is 0 Å². The third-order valence-electron chi connectivity index (χ3n) is 4.05. The van der Waals surface area contributed by atoms with Gasteiger partial charge in [-0.3, -0.25) is 0 Å². The van der Waals surface area contributed by atoms with Crippen molar-refractivity contribution in [3.05, 3.63) is 47.1 Å². The van der Waals surface area contributed by atoms with Gasteiger partial charge in [-0.15, -0.1) is 0 Å². The molecule has 0 rings (SSSR count). The van der Waals surface area contributed by atoms with E-state index >= 15 is 0 Å². The van der Waals surface area contributed by atoms with Gasteiger partial charge in [0.25, 0.3) is 0 Å². The number of unbranched alkanes of at least 4 members (excludes halogenated alkanes) is 3. The van der Waals surface area contributed by atoms with Crippen molar-refractivity contribution in [1.82, 2.24) is 0 Å². The molecule has 0 bridgehead atoms. The van der Waals surface area contributed by atoms with Gasteiger partial charge in [0.05, 0.1) is 0 Å². The van der Waals surface area contributed by atoms with E-state index in [0.717, 1.165) is 11.5 Å². The van der Waals surface area contributed by atoms with E-state index in [1.807, 2.05) is 0 Å². The Kier molecular flexibility index (Phi) is 11.0. The fourth-order valence-corrected chi connectivity index (χ4v) is 2.56. The fraction of sp³-hybridized carbons (Fsp3) is 0.619. The lowest BCUT2D eigenvalue weighted by molar-refractivity contribution is 0.485. The van der Waals surface area contributed by atoms with Crippen LogP contribution in [0.5, 0.6) is 0 Å². The Balaban J connectivity index is 4.34. The molecule has 0 radical (unpaired) electrons. The van der Waals surface area contributed by atoms with Gasteiger partial charge in [-0.25, -0.2) is 0 Å². The first kappa shape index (κ1) is 20.0. The molecule has 1 unspecified atom stereocenters. The minimum Gasteiger partial charge on any atom is -0.0915 e. The van der Waals surface area contributed by atoms with Gasteiger partial charge in [0, 0.05) is 0 Å². The Hall–Kier alpha value is -1.04. The highest BCUT2D eigenvalue weighted by Gasteiger charge is 2.04. The van der Waals surface area contributed by atoms with Gasteiger partial charge in [0.2, 0.25) is 0 Å². The van der Waals surface area contributed by atoms with Crippen LogP contribution < -0.4 is 0 Å². The SMILES string of the molecule is C=C(/C=C(/C)CC(C)CCCCCC)/C(C)=C\C(C)=C/C. The van der Waals surface area contributed by atoms with Crippen LogP contribution in [0, 0.1) is 5.92 Å². The number of rotatable bonds is 10. The molecular weight excluding hydrogens is 252 g/mol. The molecule has 0 aliphatic carbocycles. The number of allylic oxidation sites excluding steroid dienone is 7. The van der Waals surface area contributed by atoms with Crippen LogP contribution in [-0.2, 0) is 0 Å². The van der Waals surface area contributed by atoms with E-state index in [2.05, 4.69) is 66.3 Å². The summed E-state index contributed by atoms with van der Waals surface area (Å²) >= 11 is 0. The summed E-state index contributed by atoms with van der Waals surface area (Å²) in [5.74, 6) is 0.785. The van der Waals surface area contributed by atoms with Crippen LogP contribution in [0.25, 0.3) is 0 Å². The number of hydrogen-bond donors (Lipinski definition) is 0. The molecule has 0 saturated heterocycles. The molecular formula is C21H36. The first-order valence-electron chi connectivity index (χ1n) is 8.58. The zero-order valence-electron chi connectivity index (χ0n) is 15.3. The summed E-state index contributed by atoms with van der Waals surface area (Å²) in [6.07, 6.45) is 14.6. The third-order valence-corrected chi connectivity index (χ3v) is 4.05. The summed E-state index contributed by atoms with van der Waals surface area (Å²) in [5.41, 5.74) is 5.16. The topological polar surface area (TPSA) is 0 Å². The molecule has 0 aromatic heterocycles. The van der Waals surface area contributed by atoms with Crippen molar-refractivity contribution < 1.29 is 0 Å². The first-order valence-corrected chi connectivity index (χ1v) is 8.58. The number of hydrogen-bond acceptors (Lipinski definition) is 0. The van der Waals surface area contributed by atoms with Crippen LogP contribution >= 0.6 is 0 Å². The zero-order chi connectivity index (χ0) is 16.3. The largest absolute Gasteiger partial charge is 0.0915 e. The quantitative estimate of drug-likeness (QED) is 0.290. The second-order valence-electron chi connectivity index (χ2n) is 6.53. The second-order valence-corrected chi connectivity index (χ2v) is 6.53. The molecule has 0 heterocycles. The zero-order valence-corrected chi connectivity index (χ0v) is 15.3. The van der Waals surface area contributed by atoms with Crippen molar-refractivity contribution in [2.75, 3.05) is 0 Å². The molecule has 0 nitrogen and oxygen atoms in total. The molecule has 0 aromatic rings. The Morgan fingerprint density at radius 1 is 1.05 bits per heavy atom. The van der Waals surface area contributed by atoms with Crippen molar-refractivity contribution in [2.24, 2.45) is 5.92 Å². The summed E-state index contributed by atoms with van der Waals surface area (Å²) < 4.78 is 0. The van der Waals surface area contributed by atoms with Gasteiger partial charge in [-0.2, -0.15) is 0 Å². The third kappa shape index (κ3) is 10.3. The maximum atomic E-state index is 4.20. The predicted octanol–water partition coefficient (Wildman–Crippen LogP) is 7.40. The smallest absolute Gasteiger partial charge is 0.0294 e. The lowest BCUT2D eigenvalue weighted by Gasteiger charge is -2.12. The van der Waals surface area contributed by atoms with Crippen molar-refractivity contribution in [2.45, 2.75) is 80.1 Å². The van der Waals surface area contributed by atoms with Crippen molar-refractivity contribution in [1.29, 1.82) is 0 Å².